The Labute approximate surface area is 111 Å². The van der Waals surface area contributed by atoms with Crippen LogP contribution in [0.15, 0.2) is 53.6 Å². The summed E-state index contributed by atoms with van der Waals surface area (Å²) in [5.74, 6) is 0.693. The first kappa shape index (κ1) is 13.4. The Morgan fingerprint density at radius 2 is 1.89 bits per heavy atom. The molecule has 19 heavy (non-hydrogen) atoms. The molecule has 1 N–H and O–H groups in total. The van der Waals surface area contributed by atoms with E-state index < -0.39 is 6.10 Å². The molecule has 0 aliphatic heterocycles. The van der Waals surface area contributed by atoms with Gasteiger partial charge in [-0.25, -0.2) is 0 Å². The van der Waals surface area contributed by atoms with Crippen LogP contribution in [0, 0.1) is 0 Å². The monoisotopic (exact) mass is 259 g/mol. The highest BCUT2D eigenvalue weighted by Crippen LogP contribution is 2.25. The number of para-hydroxylation sites is 1. The fourth-order valence-corrected chi connectivity index (χ4v) is 1.91. The lowest BCUT2D eigenvalue weighted by Crippen LogP contribution is -2.11. The van der Waals surface area contributed by atoms with Gasteiger partial charge in [-0.15, -0.1) is 0 Å². The Bertz CT molecular complexity index is 571. The van der Waals surface area contributed by atoms with Crippen molar-refractivity contribution in [3.63, 3.8) is 0 Å². The molecule has 100 valence electrons. The first-order valence-electron chi connectivity index (χ1n) is 6.26. The molecule has 1 heterocycles. The minimum atomic E-state index is -0.676. The second-order valence-corrected chi connectivity index (χ2v) is 4.22. The lowest BCUT2D eigenvalue weighted by molar-refractivity contribution is 0.151. The standard InChI is InChI=1S/C15H17NO3/c1-2-19-15-6-4-3-5-13(15)14(18)11-16-9-7-12(17)8-10-16/h3-10,14,18H,2,11H2,1H3. The summed E-state index contributed by atoms with van der Waals surface area (Å²) in [6.45, 7) is 2.84. The highest BCUT2D eigenvalue weighted by atomic mass is 16.5. The molecule has 0 aliphatic rings. The number of rotatable bonds is 5. The number of aliphatic hydroxyl groups is 1. The van der Waals surface area contributed by atoms with Crippen molar-refractivity contribution in [2.45, 2.75) is 19.6 Å². The van der Waals surface area contributed by atoms with E-state index in [-0.39, 0.29) is 5.43 Å². The number of pyridine rings is 1. The molecule has 0 spiro atoms. The number of hydrogen-bond acceptors (Lipinski definition) is 3. The van der Waals surface area contributed by atoms with E-state index in [0.717, 1.165) is 5.56 Å². The van der Waals surface area contributed by atoms with Gasteiger partial charge in [-0.2, -0.15) is 0 Å². The highest BCUT2D eigenvalue weighted by Gasteiger charge is 2.13. The van der Waals surface area contributed by atoms with Gasteiger partial charge in [-0.3, -0.25) is 4.79 Å². The van der Waals surface area contributed by atoms with E-state index in [9.17, 15) is 9.90 Å². The summed E-state index contributed by atoms with van der Waals surface area (Å²) in [5, 5.41) is 10.3. The van der Waals surface area contributed by atoms with Gasteiger partial charge in [-0.05, 0) is 13.0 Å². The predicted molar refractivity (Wildman–Crippen MR) is 73.3 cm³/mol. The molecule has 1 aromatic carbocycles. The van der Waals surface area contributed by atoms with Crippen LogP contribution in [-0.4, -0.2) is 16.3 Å². The van der Waals surface area contributed by atoms with Crippen molar-refractivity contribution in [2.24, 2.45) is 0 Å². The van der Waals surface area contributed by atoms with Gasteiger partial charge < -0.3 is 14.4 Å². The highest BCUT2D eigenvalue weighted by molar-refractivity contribution is 5.35. The molecule has 0 radical (unpaired) electrons. The van der Waals surface area contributed by atoms with Crippen LogP contribution in [0.5, 0.6) is 5.75 Å². The SMILES string of the molecule is CCOc1ccccc1C(O)Cn1ccc(=O)cc1. The first-order chi connectivity index (χ1) is 9.20. The van der Waals surface area contributed by atoms with Crippen molar-refractivity contribution >= 4 is 0 Å². The summed E-state index contributed by atoms with van der Waals surface area (Å²) < 4.78 is 7.27. The maximum absolute atomic E-state index is 11.0. The zero-order valence-corrected chi connectivity index (χ0v) is 10.8. The number of aromatic nitrogens is 1. The van der Waals surface area contributed by atoms with Gasteiger partial charge in [0.25, 0.3) is 0 Å². The van der Waals surface area contributed by atoms with E-state index in [1.54, 1.807) is 17.0 Å². The van der Waals surface area contributed by atoms with Crippen LogP contribution in [0.4, 0.5) is 0 Å². The fraction of sp³-hybridized carbons (Fsp3) is 0.267. The van der Waals surface area contributed by atoms with Crippen LogP contribution in [-0.2, 0) is 6.54 Å². The summed E-state index contributed by atoms with van der Waals surface area (Å²) in [5.41, 5.74) is 0.712. The normalized spacial score (nSPS) is 12.1. The average molecular weight is 259 g/mol. The molecular weight excluding hydrogens is 242 g/mol. The van der Waals surface area contributed by atoms with Gasteiger partial charge in [0.2, 0.25) is 0 Å². The Balaban J connectivity index is 2.17. The van der Waals surface area contributed by atoms with Gasteiger partial charge in [0.15, 0.2) is 5.43 Å². The van der Waals surface area contributed by atoms with Crippen molar-refractivity contribution in [1.82, 2.24) is 4.57 Å². The number of nitrogens with zero attached hydrogens (tertiary/aromatic N) is 1. The topological polar surface area (TPSA) is 51.5 Å². The maximum atomic E-state index is 11.0. The van der Waals surface area contributed by atoms with Gasteiger partial charge in [-0.1, -0.05) is 18.2 Å². The molecule has 4 nitrogen and oxygen atoms in total. The van der Waals surface area contributed by atoms with E-state index in [1.807, 2.05) is 31.2 Å². The predicted octanol–water partition coefficient (Wildman–Crippen LogP) is 1.98. The van der Waals surface area contributed by atoms with Crippen molar-refractivity contribution in [3.8, 4) is 5.75 Å². The molecule has 0 saturated heterocycles. The number of ether oxygens (including phenoxy) is 1. The summed E-state index contributed by atoms with van der Waals surface area (Å²) in [6.07, 6.45) is 2.65. The minimum absolute atomic E-state index is 0.0412. The van der Waals surface area contributed by atoms with Crippen LogP contribution in [0.3, 0.4) is 0 Å². The van der Waals surface area contributed by atoms with Gasteiger partial charge in [0.05, 0.1) is 13.2 Å². The van der Waals surface area contributed by atoms with Crippen molar-refractivity contribution in [2.75, 3.05) is 6.61 Å². The number of aliphatic hydroxyl groups excluding tert-OH is 1. The maximum Gasteiger partial charge on any atom is 0.181 e. The summed E-state index contributed by atoms with van der Waals surface area (Å²) in [7, 11) is 0. The van der Waals surface area contributed by atoms with E-state index in [0.29, 0.717) is 18.9 Å². The third-order valence-electron chi connectivity index (χ3n) is 2.82. The Morgan fingerprint density at radius 1 is 1.21 bits per heavy atom. The van der Waals surface area contributed by atoms with Crippen LogP contribution >= 0.6 is 0 Å². The molecular formula is C15H17NO3. The molecule has 1 aromatic heterocycles. The van der Waals surface area contributed by atoms with Crippen LogP contribution in [0.1, 0.15) is 18.6 Å². The largest absolute Gasteiger partial charge is 0.493 e. The molecule has 2 aromatic rings. The van der Waals surface area contributed by atoms with Crippen LogP contribution in [0.25, 0.3) is 0 Å². The molecule has 0 amide bonds. The lowest BCUT2D eigenvalue weighted by Gasteiger charge is -2.16. The Hall–Kier alpha value is -2.07. The summed E-state index contributed by atoms with van der Waals surface area (Å²) in [4.78, 5) is 11.0. The van der Waals surface area contributed by atoms with Crippen LogP contribution < -0.4 is 10.2 Å². The van der Waals surface area contributed by atoms with Crippen LogP contribution in [0.2, 0.25) is 0 Å². The zero-order chi connectivity index (χ0) is 13.7. The fourth-order valence-electron chi connectivity index (χ4n) is 1.91. The number of hydrogen-bond donors (Lipinski definition) is 1. The molecule has 4 heteroatoms. The average Bonchev–Trinajstić information content (AvgIpc) is 2.42. The first-order valence-corrected chi connectivity index (χ1v) is 6.26. The van der Waals surface area contributed by atoms with Gasteiger partial charge >= 0.3 is 0 Å². The van der Waals surface area contributed by atoms with Gasteiger partial charge in [0.1, 0.15) is 11.9 Å². The second-order valence-electron chi connectivity index (χ2n) is 4.22. The summed E-state index contributed by atoms with van der Waals surface area (Å²) in [6, 6.07) is 10.4. The van der Waals surface area contributed by atoms with E-state index in [2.05, 4.69) is 0 Å². The molecule has 0 aliphatic carbocycles. The van der Waals surface area contributed by atoms with Gasteiger partial charge in [0, 0.05) is 30.1 Å². The third kappa shape index (κ3) is 3.45. The Morgan fingerprint density at radius 3 is 2.58 bits per heavy atom. The van der Waals surface area contributed by atoms with E-state index in [1.165, 1.54) is 12.1 Å². The molecule has 1 atom stereocenters. The van der Waals surface area contributed by atoms with E-state index in [4.69, 9.17) is 4.74 Å². The molecule has 0 saturated carbocycles. The minimum Gasteiger partial charge on any atom is -0.493 e. The lowest BCUT2D eigenvalue weighted by atomic mass is 10.1. The Kier molecular flexibility index (Phi) is 4.36. The van der Waals surface area contributed by atoms with Crippen molar-refractivity contribution in [1.29, 1.82) is 0 Å². The summed E-state index contributed by atoms with van der Waals surface area (Å²) >= 11 is 0. The molecule has 2 rings (SSSR count). The molecule has 1 unspecified atom stereocenters. The second kappa shape index (κ2) is 6.20. The van der Waals surface area contributed by atoms with Crippen molar-refractivity contribution in [3.05, 3.63) is 64.6 Å². The third-order valence-corrected chi connectivity index (χ3v) is 2.82. The van der Waals surface area contributed by atoms with E-state index >= 15 is 0 Å². The smallest absolute Gasteiger partial charge is 0.181 e. The molecule has 0 bridgehead atoms. The molecule has 0 fully saturated rings. The van der Waals surface area contributed by atoms with Crippen molar-refractivity contribution < 1.29 is 9.84 Å². The quantitative estimate of drug-likeness (QED) is 0.893. The zero-order valence-electron chi connectivity index (χ0n) is 10.8. The number of benzene rings is 1.